The fourth-order valence-electron chi connectivity index (χ4n) is 3.05. The van der Waals surface area contributed by atoms with Crippen LogP contribution in [0.1, 0.15) is 69.3 Å². The third-order valence-corrected chi connectivity index (χ3v) is 7.04. The van der Waals surface area contributed by atoms with Crippen LogP contribution in [0.15, 0.2) is 36.6 Å². The second-order valence-electron chi connectivity index (χ2n) is 7.73. The predicted molar refractivity (Wildman–Crippen MR) is 121 cm³/mol. The summed E-state index contributed by atoms with van der Waals surface area (Å²) in [5.41, 5.74) is 1.25. The summed E-state index contributed by atoms with van der Waals surface area (Å²) < 4.78 is 4.87. The molecule has 0 fully saturated rings. The Morgan fingerprint density at radius 2 is 1.36 bits per heavy atom. The van der Waals surface area contributed by atoms with E-state index < -0.39 is 8.22 Å². The smallest absolute Gasteiger partial charge is 0.876 e. The van der Waals surface area contributed by atoms with Crippen LogP contribution in [0.5, 0.6) is 0 Å². The minimum Gasteiger partial charge on any atom is -0.876 e. The van der Waals surface area contributed by atoms with E-state index in [-0.39, 0.29) is 33.4 Å². The molecule has 0 atom stereocenters. The first-order valence-corrected chi connectivity index (χ1v) is 10.9. The minimum absolute atomic E-state index is 0. The molecule has 1 aromatic rings. The Balaban J connectivity index is -0.00000103. The molecule has 0 amide bonds. The first kappa shape index (κ1) is 29.9. The van der Waals surface area contributed by atoms with Crippen molar-refractivity contribution in [2.24, 2.45) is 0 Å². The third kappa shape index (κ3) is 9.92. The first-order valence-electron chi connectivity index (χ1n) is 9.63. The van der Waals surface area contributed by atoms with Gasteiger partial charge in [-0.05, 0) is 67.0 Å². The fraction of sp³-hybridized carbons (Fsp3) is 0.591. The zero-order valence-electron chi connectivity index (χ0n) is 19.0. The molecule has 0 N–H and O–H groups in total. The molecule has 0 bridgehead atoms. The van der Waals surface area contributed by atoms with Gasteiger partial charge in [-0.3, -0.25) is 9.34 Å². The third-order valence-electron chi connectivity index (χ3n) is 3.69. The maximum Gasteiger partial charge on any atom is 2.00 e. The maximum atomic E-state index is 11.1. The summed E-state index contributed by atoms with van der Waals surface area (Å²) in [6.45, 7) is 22.1. The molecule has 1 rings (SSSR count). The molecule has 0 aliphatic carbocycles. The number of nitrogens with zero attached hydrogens (tertiary/aromatic N) is 3. The van der Waals surface area contributed by atoms with E-state index in [9.17, 15) is 10.5 Å². The molecule has 0 aromatic heterocycles. The second-order valence-corrected chi connectivity index (χ2v) is 9.65. The van der Waals surface area contributed by atoms with E-state index in [1.54, 1.807) is 0 Å². The van der Waals surface area contributed by atoms with Gasteiger partial charge < -0.3 is 10.5 Å². The van der Waals surface area contributed by atoms with Gasteiger partial charge in [0.1, 0.15) is 0 Å². The summed E-state index contributed by atoms with van der Waals surface area (Å²) in [7, 11) is -0.975. The number of benzene rings is 1. The molecule has 0 spiro atoms. The first-order chi connectivity index (χ1) is 12.4. The van der Waals surface area contributed by atoms with Crippen LogP contribution in [0.2, 0.25) is 0 Å². The molecule has 6 heteroatoms. The van der Waals surface area contributed by atoms with Crippen LogP contribution in [-0.2, 0) is 26.2 Å². The monoisotopic (exact) mass is 482 g/mol. The molecule has 0 heterocycles. The molecule has 28 heavy (non-hydrogen) atoms. The molecule has 1 radical (unpaired) electrons. The fourth-order valence-corrected chi connectivity index (χ4v) is 5.83. The van der Waals surface area contributed by atoms with Gasteiger partial charge >= 0.3 is 26.2 Å². The average Bonchev–Trinajstić information content (AvgIpc) is 2.52. The van der Waals surface area contributed by atoms with Crippen LogP contribution in [0.4, 0.5) is 0 Å². The van der Waals surface area contributed by atoms with Gasteiger partial charge in [-0.15, -0.1) is 17.8 Å². The zero-order valence-corrected chi connectivity index (χ0v) is 22.4. The molecule has 157 valence electrons. The van der Waals surface area contributed by atoms with Crippen molar-refractivity contribution in [1.29, 1.82) is 0 Å². The molecule has 4 nitrogen and oxygen atoms in total. The molecule has 0 unspecified atom stereocenters. The summed E-state index contributed by atoms with van der Waals surface area (Å²) in [5.74, 6) is -0.0833. The Morgan fingerprint density at radius 1 is 1.00 bits per heavy atom. The topological polar surface area (TPSA) is 51.8 Å². The van der Waals surface area contributed by atoms with Crippen LogP contribution < -0.4 is 5.11 Å². The Labute approximate surface area is 195 Å². The van der Waals surface area contributed by atoms with Gasteiger partial charge in [0.2, 0.25) is 0 Å². The quantitative estimate of drug-likeness (QED) is 0.280. The van der Waals surface area contributed by atoms with E-state index in [2.05, 4.69) is 77.4 Å². The van der Waals surface area contributed by atoms with E-state index in [1.807, 2.05) is 24.3 Å². The maximum absolute atomic E-state index is 11.1. The predicted octanol–water partition coefficient (Wildman–Crippen LogP) is 5.48. The van der Waals surface area contributed by atoms with Crippen LogP contribution in [-0.4, -0.2) is 39.0 Å². The zero-order chi connectivity index (χ0) is 21.3. The van der Waals surface area contributed by atoms with Crippen LogP contribution >= 0.6 is 8.22 Å². The summed E-state index contributed by atoms with van der Waals surface area (Å²) in [4.78, 5) is 0. The Hall–Kier alpha value is -0.337. The number of allylic oxidation sites excluding steroid dienone is 1. The number of hydrogen-bond donors (Lipinski definition) is 0. The van der Waals surface area contributed by atoms with Crippen LogP contribution in [0, 0.1) is 6.07 Å². The average molecular weight is 484 g/mol. The molecule has 1 aromatic carbocycles. The normalized spacial score (nSPS) is 11.3. The molecule has 0 aliphatic rings. The summed E-state index contributed by atoms with van der Waals surface area (Å²) in [6.07, 6.45) is 0. The van der Waals surface area contributed by atoms with Crippen molar-refractivity contribution in [3.63, 3.8) is 0 Å². The van der Waals surface area contributed by atoms with Crippen molar-refractivity contribution in [2.45, 2.75) is 86.5 Å². The summed E-state index contributed by atoms with van der Waals surface area (Å²) in [5, 5.41) is 20.5. The molecule has 0 aliphatic heterocycles. The van der Waals surface area contributed by atoms with Gasteiger partial charge in [-0.2, -0.15) is 0 Å². The van der Waals surface area contributed by atoms with Crippen molar-refractivity contribution in [2.75, 3.05) is 0 Å². The van der Waals surface area contributed by atoms with E-state index in [0.717, 1.165) is 5.56 Å². The van der Waals surface area contributed by atoms with Crippen molar-refractivity contribution in [1.82, 2.24) is 9.34 Å². The van der Waals surface area contributed by atoms with Gasteiger partial charge in [0.15, 0.2) is 0 Å². The molecular formula is C22H39N3OPZr. The Kier molecular flexibility index (Phi) is 15.6. The summed E-state index contributed by atoms with van der Waals surface area (Å²) in [6, 6.07) is 12.3. The summed E-state index contributed by atoms with van der Waals surface area (Å²) >= 11 is 0. The van der Waals surface area contributed by atoms with E-state index in [4.69, 9.17) is 0 Å². The van der Waals surface area contributed by atoms with Crippen LogP contribution in [0.25, 0.3) is 5.41 Å². The molecule has 0 saturated heterocycles. The second kappa shape index (κ2) is 14.6. The minimum atomic E-state index is -0.975. The SMILES string of the molecule is C=C(C)[O-].CC(C)N(C(C)C)P(C(=[N-])c1[c]cccc1)N(C(C)C)C(C)C.[HH].[Zr+2]. The molecule has 0 saturated carbocycles. The van der Waals surface area contributed by atoms with Crippen molar-refractivity contribution in [3.05, 3.63) is 53.6 Å². The standard InChI is InChI=1S/C19H32N3P.C3H6O.Zr.H2/c1-14(2)21(15(3)4)23(22(16(5)6)17(7)8)19(20)18-12-10-9-11-13-18;1-3(2)4;;/h9-12,14-17H,1-8H3;4H,1H2,2H3;;1H/q-1;;+2;/p-1. The van der Waals surface area contributed by atoms with Crippen LogP contribution in [0.3, 0.4) is 0 Å². The van der Waals surface area contributed by atoms with Crippen molar-refractivity contribution < 1.29 is 32.7 Å². The van der Waals surface area contributed by atoms with Gasteiger partial charge in [0, 0.05) is 33.8 Å². The van der Waals surface area contributed by atoms with E-state index in [0.29, 0.717) is 29.6 Å². The van der Waals surface area contributed by atoms with Gasteiger partial charge in [-0.25, -0.2) is 0 Å². The number of rotatable bonds is 8. The van der Waals surface area contributed by atoms with Gasteiger partial charge in [0.25, 0.3) is 0 Å². The van der Waals surface area contributed by atoms with Crippen molar-refractivity contribution >= 4 is 13.7 Å². The van der Waals surface area contributed by atoms with E-state index >= 15 is 0 Å². The van der Waals surface area contributed by atoms with Crippen molar-refractivity contribution in [3.8, 4) is 0 Å². The largest absolute Gasteiger partial charge is 2.00 e. The number of hydrogen-bond acceptors (Lipinski definition) is 3. The Bertz CT molecular complexity index is 543. The van der Waals surface area contributed by atoms with Gasteiger partial charge in [0.05, 0.1) is 0 Å². The van der Waals surface area contributed by atoms with E-state index in [1.165, 1.54) is 6.92 Å². The Morgan fingerprint density at radius 3 is 1.61 bits per heavy atom. The molecular weight excluding hydrogens is 444 g/mol. The van der Waals surface area contributed by atoms with Gasteiger partial charge in [-0.1, -0.05) is 31.2 Å².